The Morgan fingerprint density at radius 3 is 3.14 bits per heavy atom. The van der Waals surface area contributed by atoms with Crippen LogP contribution in [0.25, 0.3) is 0 Å². The third kappa shape index (κ3) is 2.83. The second-order valence-corrected chi connectivity index (χ2v) is 6.60. The summed E-state index contributed by atoms with van der Waals surface area (Å²) in [7, 11) is 0. The van der Waals surface area contributed by atoms with E-state index in [1.54, 1.807) is 16.7 Å². The molecule has 6 nitrogen and oxygen atoms in total. The van der Waals surface area contributed by atoms with Gasteiger partial charge >= 0.3 is 0 Å². The van der Waals surface area contributed by atoms with Gasteiger partial charge in [-0.25, -0.2) is 0 Å². The van der Waals surface area contributed by atoms with Crippen molar-refractivity contribution >= 4 is 23.4 Å². The number of carbonyl (C=O) groups is 1. The maximum absolute atomic E-state index is 12.7. The zero-order valence-electron chi connectivity index (χ0n) is 12.1. The largest absolute Gasteiger partial charge is 0.310 e. The maximum atomic E-state index is 12.7. The molecule has 0 aliphatic carbocycles. The van der Waals surface area contributed by atoms with Gasteiger partial charge in [0.15, 0.2) is 0 Å². The Balaban J connectivity index is 1.88. The summed E-state index contributed by atoms with van der Waals surface area (Å²) in [5.74, 6) is 0.0950. The maximum Gasteiger partial charge on any atom is 0.247 e. The minimum atomic E-state index is -0.0570. The van der Waals surface area contributed by atoms with Crippen molar-refractivity contribution in [2.45, 2.75) is 30.0 Å². The van der Waals surface area contributed by atoms with E-state index in [0.29, 0.717) is 11.8 Å². The van der Waals surface area contributed by atoms with Crippen molar-refractivity contribution in [3.63, 3.8) is 0 Å². The number of aromatic nitrogens is 3. The molecule has 3 rings (SSSR count). The van der Waals surface area contributed by atoms with Gasteiger partial charge in [0.25, 0.3) is 0 Å². The molecule has 0 unspecified atom stereocenters. The molecule has 1 aliphatic heterocycles. The first-order chi connectivity index (χ1) is 10.7. The highest BCUT2D eigenvalue weighted by Gasteiger charge is 2.24. The lowest BCUT2D eigenvalue weighted by Gasteiger charge is -2.22. The number of hydrogen-bond donors (Lipinski definition) is 0. The van der Waals surface area contributed by atoms with Crippen LogP contribution in [0.5, 0.6) is 0 Å². The number of anilines is 1. The second kappa shape index (κ2) is 6.20. The van der Waals surface area contributed by atoms with Crippen LogP contribution in [0.4, 0.5) is 5.69 Å². The summed E-state index contributed by atoms with van der Waals surface area (Å²) in [5.41, 5.74) is 0.938. The Bertz CT molecular complexity index is 736. The molecule has 2 heterocycles. The smallest absolute Gasteiger partial charge is 0.247 e. The van der Waals surface area contributed by atoms with Crippen molar-refractivity contribution in [3.8, 4) is 6.07 Å². The Kier molecular flexibility index (Phi) is 4.11. The molecule has 0 saturated carbocycles. The van der Waals surface area contributed by atoms with Gasteiger partial charge in [-0.05, 0) is 18.6 Å². The van der Waals surface area contributed by atoms with E-state index in [9.17, 15) is 4.79 Å². The standard InChI is InChI=1S/C15H15N5OS/c1-11-6-7-20(12-4-2-3-5-13(12)22-11)15(21)9-19-10-17-18-14(19)8-16/h2-5,10-11H,6-7,9H2,1H3/t11-/m0/s1. The van der Waals surface area contributed by atoms with Gasteiger partial charge in [-0.2, -0.15) is 5.26 Å². The predicted octanol–water partition coefficient (Wildman–Crippen LogP) is 2.07. The molecule has 1 aliphatic rings. The molecular weight excluding hydrogens is 298 g/mol. The predicted molar refractivity (Wildman–Crippen MR) is 83.5 cm³/mol. The Hall–Kier alpha value is -2.33. The number of amides is 1. The van der Waals surface area contributed by atoms with Gasteiger partial charge < -0.3 is 4.90 Å². The number of carbonyl (C=O) groups excluding carboxylic acids is 1. The number of rotatable bonds is 2. The van der Waals surface area contributed by atoms with Crippen molar-refractivity contribution in [2.24, 2.45) is 0 Å². The molecule has 0 bridgehead atoms. The van der Waals surface area contributed by atoms with E-state index in [-0.39, 0.29) is 18.3 Å². The van der Waals surface area contributed by atoms with Crippen LogP contribution in [0.15, 0.2) is 35.5 Å². The van der Waals surface area contributed by atoms with Crippen LogP contribution < -0.4 is 4.90 Å². The Labute approximate surface area is 132 Å². The van der Waals surface area contributed by atoms with E-state index in [0.717, 1.165) is 17.0 Å². The molecule has 0 fully saturated rings. The fourth-order valence-corrected chi connectivity index (χ4v) is 3.55. The lowest BCUT2D eigenvalue weighted by molar-refractivity contribution is -0.119. The van der Waals surface area contributed by atoms with Gasteiger partial charge in [-0.3, -0.25) is 9.36 Å². The van der Waals surface area contributed by atoms with Crippen molar-refractivity contribution in [1.82, 2.24) is 14.8 Å². The van der Waals surface area contributed by atoms with Gasteiger partial charge in [-0.1, -0.05) is 19.1 Å². The summed E-state index contributed by atoms with van der Waals surface area (Å²) in [5, 5.41) is 16.8. The molecule has 0 radical (unpaired) electrons. The fraction of sp³-hybridized carbons (Fsp3) is 0.333. The van der Waals surface area contributed by atoms with Gasteiger partial charge in [0.05, 0.1) is 5.69 Å². The molecule has 7 heteroatoms. The number of fused-ring (bicyclic) bond motifs is 1. The third-order valence-electron chi connectivity index (χ3n) is 3.57. The van der Waals surface area contributed by atoms with Crippen molar-refractivity contribution in [2.75, 3.05) is 11.4 Å². The normalized spacial score (nSPS) is 17.5. The highest BCUT2D eigenvalue weighted by Crippen LogP contribution is 2.37. The SMILES string of the molecule is C[C@H]1CCN(C(=O)Cn2cnnc2C#N)c2ccccc2S1. The van der Waals surface area contributed by atoms with Gasteiger partial charge in [0.1, 0.15) is 18.9 Å². The van der Waals surface area contributed by atoms with Crippen molar-refractivity contribution in [1.29, 1.82) is 5.26 Å². The van der Waals surface area contributed by atoms with E-state index in [1.807, 2.05) is 30.3 Å². The highest BCUT2D eigenvalue weighted by molar-refractivity contribution is 8.00. The van der Waals surface area contributed by atoms with Crippen molar-refractivity contribution < 1.29 is 4.79 Å². The number of nitrogens with zero attached hydrogens (tertiary/aromatic N) is 5. The molecule has 1 aromatic heterocycles. The molecule has 0 spiro atoms. The number of thioether (sulfide) groups is 1. The first-order valence-corrected chi connectivity index (χ1v) is 7.91. The molecule has 0 saturated heterocycles. The van der Waals surface area contributed by atoms with Crippen LogP contribution in [0, 0.1) is 11.3 Å². The quantitative estimate of drug-likeness (QED) is 0.848. The summed E-state index contributed by atoms with van der Waals surface area (Å²) >= 11 is 1.79. The Morgan fingerprint density at radius 2 is 2.32 bits per heavy atom. The van der Waals surface area contributed by atoms with Crippen LogP contribution in [0.2, 0.25) is 0 Å². The van der Waals surface area contributed by atoms with Crippen LogP contribution in [-0.2, 0) is 11.3 Å². The molecule has 22 heavy (non-hydrogen) atoms. The summed E-state index contributed by atoms with van der Waals surface area (Å²) in [4.78, 5) is 15.6. The van der Waals surface area contributed by atoms with Crippen LogP contribution in [0.1, 0.15) is 19.2 Å². The van der Waals surface area contributed by atoms with Gasteiger partial charge in [0.2, 0.25) is 11.7 Å². The summed E-state index contributed by atoms with van der Waals surface area (Å²) in [6.45, 7) is 2.92. The van der Waals surface area contributed by atoms with E-state index >= 15 is 0 Å². The molecule has 1 aromatic carbocycles. The van der Waals surface area contributed by atoms with Gasteiger partial charge in [0, 0.05) is 16.7 Å². The lowest BCUT2D eigenvalue weighted by Crippen LogP contribution is -2.35. The average molecular weight is 313 g/mol. The summed E-state index contributed by atoms with van der Waals surface area (Å²) in [6.07, 6.45) is 2.34. The number of hydrogen-bond acceptors (Lipinski definition) is 5. The first-order valence-electron chi connectivity index (χ1n) is 7.03. The molecule has 2 aromatic rings. The van der Waals surface area contributed by atoms with Crippen LogP contribution >= 0.6 is 11.8 Å². The Morgan fingerprint density at radius 1 is 1.50 bits per heavy atom. The van der Waals surface area contributed by atoms with Gasteiger partial charge in [-0.15, -0.1) is 22.0 Å². The molecule has 1 atom stereocenters. The number of para-hydroxylation sites is 1. The van der Waals surface area contributed by atoms with E-state index in [4.69, 9.17) is 5.26 Å². The number of nitriles is 1. The van der Waals surface area contributed by atoms with E-state index < -0.39 is 0 Å². The first kappa shape index (κ1) is 14.6. The minimum Gasteiger partial charge on any atom is -0.310 e. The topological polar surface area (TPSA) is 74.8 Å². The fourth-order valence-electron chi connectivity index (χ4n) is 2.43. The van der Waals surface area contributed by atoms with Crippen LogP contribution in [-0.4, -0.2) is 32.5 Å². The van der Waals surface area contributed by atoms with E-state index in [2.05, 4.69) is 17.1 Å². The third-order valence-corrected chi connectivity index (χ3v) is 4.80. The van der Waals surface area contributed by atoms with Crippen molar-refractivity contribution in [3.05, 3.63) is 36.4 Å². The molecule has 1 amide bonds. The monoisotopic (exact) mass is 313 g/mol. The van der Waals surface area contributed by atoms with Crippen LogP contribution in [0.3, 0.4) is 0 Å². The average Bonchev–Trinajstić information content (AvgIpc) is 2.88. The molecule has 0 N–H and O–H groups in total. The summed E-state index contributed by atoms with van der Waals surface area (Å²) in [6, 6.07) is 9.87. The molecule has 112 valence electrons. The molecular formula is C15H15N5OS. The lowest BCUT2D eigenvalue weighted by atomic mass is 10.2. The summed E-state index contributed by atoms with van der Waals surface area (Å²) < 4.78 is 1.48. The number of benzene rings is 1. The zero-order chi connectivity index (χ0) is 15.5. The highest BCUT2D eigenvalue weighted by atomic mass is 32.2. The zero-order valence-corrected chi connectivity index (χ0v) is 13.0. The second-order valence-electron chi connectivity index (χ2n) is 5.12. The van der Waals surface area contributed by atoms with E-state index in [1.165, 1.54) is 10.9 Å². The minimum absolute atomic E-state index is 0.0570.